The normalized spacial score (nSPS) is 9.93. The van der Waals surface area contributed by atoms with Crippen molar-refractivity contribution in [3.63, 3.8) is 0 Å². The van der Waals surface area contributed by atoms with Gasteiger partial charge in [-0.25, -0.2) is 0 Å². The molecule has 0 spiro atoms. The zero-order valence-electron chi connectivity index (χ0n) is 7.08. The fourth-order valence-corrected chi connectivity index (χ4v) is 1.50. The summed E-state index contributed by atoms with van der Waals surface area (Å²) in [6, 6.07) is 2.42. The molecule has 0 saturated carbocycles. The third-order valence-electron chi connectivity index (χ3n) is 1.70. The maximum atomic E-state index is 10.9. The molecule has 0 amide bonds. The number of carbonyl (C=O) groups excluding carboxylic acids is 1. The molecular weight excluding hydrogens is 229 g/mol. The summed E-state index contributed by atoms with van der Waals surface area (Å²) in [5.41, 5.74) is 0.296. The van der Waals surface area contributed by atoms with Gasteiger partial charge in [-0.3, -0.25) is 14.9 Å². The number of hydrogen-bond acceptors (Lipinski definition) is 3. The quantitative estimate of drug-likeness (QED) is 0.449. The molecule has 0 saturated heterocycles. The fraction of sp³-hybridized carbons (Fsp3) is 0.125. The van der Waals surface area contributed by atoms with Crippen LogP contribution in [0.1, 0.15) is 15.9 Å². The lowest BCUT2D eigenvalue weighted by atomic mass is 10.1. The first-order valence-electron chi connectivity index (χ1n) is 3.58. The Bertz CT molecular complexity index is 382. The summed E-state index contributed by atoms with van der Waals surface area (Å²) < 4.78 is 0. The first-order valence-corrected chi connectivity index (χ1v) is 4.33. The smallest absolute Gasteiger partial charge is 0.276 e. The van der Waals surface area contributed by atoms with E-state index in [-0.39, 0.29) is 16.3 Å². The second kappa shape index (κ2) is 3.94. The Morgan fingerprint density at radius 3 is 2.50 bits per heavy atom. The number of hydrogen-bond donors (Lipinski definition) is 0. The summed E-state index contributed by atoms with van der Waals surface area (Å²) >= 11 is 10.8. The average Bonchev–Trinajstić information content (AvgIpc) is 2.02. The van der Waals surface area contributed by atoms with Crippen LogP contribution in [0.2, 0.25) is 5.02 Å². The minimum atomic E-state index is -0.734. The molecule has 14 heavy (non-hydrogen) atoms. The number of nitrogens with zero attached hydrogens (tertiary/aromatic N) is 1. The lowest BCUT2D eigenvalue weighted by molar-refractivity contribution is -0.384. The number of rotatable bonds is 2. The maximum Gasteiger partial charge on any atom is 0.288 e. The van der Waals surface area contributed by atoms with E-state index in [1.54, 1.807) is 6.92 Å². The van der Waals surface area contributed by atoms with E-state index in [2.05, 4.69) is 0 Å². The standard InChI is InChI=1S/C8H5Cl2NO3/c1-4-2-6(9)7(11(13)14)3-5(4)8(10)12/h2-3H,1H3. The van der Waals surface area contributed by atoms with Gasteiger partial charge in [0.15, 0.2) is 0 Å². The van der Waals surface area contributed by atoms with Crippen LogP contribution in [0, 0.1) is 17.0 Å². The minimum Gasteiger partial charge on any atom is -0.276 e. The summed E-state index contributed by atoms with van der Waals surface area (Å²) in [5.74, 6) is 0. The molecule has 0 bridgehead atoms. The molecule has 6 heteroatoms. The number of nitro benzene ring substituents is 1. The van der Waals surface area contributed by atoms with Gasteiger partial charge in [0.2, 0.25) is 0 Å². The van der Waals surface area contributed by atoms with E-state index < -0.39 is 10.2 Å². The second-order valence-electron chi connectivity index (χ2n) is 2.65. The van der Waals surface area contributed by atoms with Crippen LogP contribution in [-0.2, 0) is 0 Å². The summed E-state index contributed by atoms with van der Waals surface area (Å²) in [4.78, 5) is 20.7. The molecule has 0 N–H and O–H groups in total. The molecular formula is C8H5Cl2NO3. The Morgan fingerprint density at radius 2 is 2.07 bits per heavy atom. The van der Waals surface area contributed by atoms with Crippen molar-refractivity contribution in [1.82, 2.24) is 0 Å². The summed E-state index contributed by atoms with van der Waals surface area (Å²) in [7, 11) is 0. The number of carbonyl (C=O) groups is 1. The van der Waals surface area contributed by atoms with E-state index in [1.165, 1.54) is 6.07 Å². The largest absolute Gasteiger partial charge is 0.288 e. The first kappa shape index (κ1) is 10.9. The molecule has 0 radical (unpaired) electrons. The van der Waals surface area contributed by atoms with Crippen molar-refractivity contribution >= 4 is 34.1 Å². The van der Waals surface area contributed by atoms with E-state index in [1.807, 2.05) is 0 Å². The Hall–Kier alpha value is -1.13. The van der Waals surface area contributed by atoms with Crippen molar-refractivity contribution in [2.24, 2.45) is 0 Å². The Balaban J connectivity index is 3.42. The fourth-order valence-electron chi connectivity index (χ4n) is 1.01. The summed E-state index contributed by atoms with van der Waals surface area (Å²) in [5, 5.41) is 9.74. The van der Waals surface area contributed by atoms with Crippen molar-refractivity contribution in [3.8, 4) is 0 Å². The van der Waals surface area contributed by atoms with Gasteiger partial charge in [0, 0.05) is 11.6 Å². The van der Waals surface area contributed by atoms with E-state index in [0.717, 1.165) is 6.07 Å². The van der Waals surface area contributed by atoms with E-state index in [0.29, 0.717) is 5.56 Å². The highest BCUT2D eigenvalue weighted by Gasteiger charge is 2.17. The van der Waals surface area contributed by atoms with Gasteiger partial charge >= 0.3 is 0 Å². The maximum absolute atomic E-state index is 10.9. The SMILES string of the molecule is Cc1cc(Cl)c([N+](=O)[O-])cc1C(=O)Cl. The van der Waals surface area contributed by atoms with Gasteiger partial charge in [-0.1, -0.05) is 11.6 Å². The number of halogens is 2. The highest BCUT2D eigenvalue weighted by atomic mass is 35.5. The molecule has 4 nitrogen and oxygen atoms in total. The van der Waals surface area contributed by atoms with Gasteiger partial charge in [-0.15, -0.1) is 0 Å². The van der Waals surface area contributed by atoms with E-state index in [9.17, 15) is 14.9 Å². The predicted molar refractivity (Wildman–Crippen MR) is 53.0 cm³/mol. The zero-order chi connectivity index (χ0) is 10.9. The van der Waals surface area contributed by atoms with E-state index >= 15 is 0 Å². The van der Waals surface area contributed by atoms with Crippen LogP contribution in [0.15, 0.2) is 12.1 Å². The van der Waals surface area contributed by atoms with Crippen molar-refractivity contribution < 1.29 is 9.72 Å². The predicted octanol–water partition coefficient (Wildman–Crippen LogP) is 2.94. The minimum absolute atomic E-state index is 0.00540. The molecule has 0 aliphatic carbocycles. The summed E-state index contributed by atoms with van der Waals surface area (Å²) in [6.45, 7) is 1.60. The average molecular weight is 234 g/mol. The van der Waals surface area contributed by atoms with Crippen LogP contribution in [0.4, 0.5) is 5.69 Å². The van der Waals surface area contributed by atoms with Crippen LogP contribution in [0.3, 0.4) is 0 Å². The molecule has 74 valence electrons. The molecule has 1 aromatic rings. The van der Waals surface area contributed by atoms with Crippen molar-refractivity contribution in [2.75, 3.05) is 0 Å². The third-order valence-corrected chi connectivity index (χ3v) is 2.21. The van der Waals surface area contributed by atoms with Gasteiger partial charge < -0.3 is 0 Å². The lowest BCUT2D eigenvalue weighted by Gasteiger charge is -2.01. The zero-order valence-corrected chi connectivity index (χ0v) is 8.59. The Labute approximate surface area is 89.6 Å². The monoisotopic (exact) mass is 233 g/mol. The van der Waals surface area contributed by atoms with Gasteiger partial charge in [0.1, 0.15) is 5.02 Å². The molecule has 1 aromatic carbocycles. The molecule has 0 heterocycles. The van der Waals surface area contributed by atoms with Crippen LogP contribution < -0.4 is 0 Å². The topological polar surface area (TPSA) is 60.2 Å². The van der Waals surface area contributed by atoms with Crippen LogP contribution in [-0.4, -0.2) is 10.2 Å². The molecule has 0 aromatic heterocycles. The molecule has 0 atom stereocenters. The lowest BCUT2D eigenvalue weighted by Crippen LogP contribution is -1.97. The molecule has 0 unspecified atom stereocenters. The van der Waals surface area contributed by atoms with Crippen LogP contribution >= 0.6 is 23.2 Å². The molecule has 0 aliphatic heterocycles. The first-order chi connectivity index (χ1) is 6.43. The highest BCUT2D eigenvalue weighted by Crippen LogP contribution is 2.28. The Morgan fingerprint density at radius 1 is 1.50 bits per heavy atom. The van der Waals surface area contributed by atoms with Gasteiger partial charge in [0.05, 0.1) is 4.92 Å². The van der Waals surface area contributed by atoms with Crippen molar-refractivity contribution in [3.05, 3.63) is 38.4 Å². The molecule has 0 fully saturated rings. The van der Waals surface area contributed by atoms with Crippen molar-refractivity contribution in [2.45, 2.75) is 6.92 Å². The number of benzene rings is 1. The van der Waals surface area contributed by atoms with Crippen molar-refractivity contribution in [1.29, 1.82) is 0 Å². The highest BCUT2D eigenvalue weighted by molar-refractivity contribution is 6.68. The van der Waals surface area contributed by atoms with Gasteiger partial charge in [0.25, 0.3) is 10.9 Å². The summed E-state index contributed by atoms with van der Waals surface area (Å²) in [6.07, 6.45) is 0. The second-order valence-corrected chi connectivity index (χ2v) is 3.40. The van der Waals surface area contributed by atoms with Crippen LogP contribution in [0.5, 0.6) is 0 Å². The Kier molecular flexibility index (Phi) is 3.08. The number of aryl methyl sites for hydroxylation is 1. The van der Waals surface area contributed by atoms with E-state index in [4.69, 9.17) is 23.2 Å². The van der Waals surface area contributed by atoms with Gasteiger partial charge in [-0.05, 0) is 30.2 Å². The molecule has 1 rings (SSSR count). The molecule has 0 aliphatic rings. The third kappa shape index (κ3) is 2.02. The van der Waals surface area contributed by atoms with Crippen LogP contribution in [0.25, 0.3) is 0 Å². The van der Waals surface area contributed by atoms with Gasteiger partial charge in [-0.2, -0.15) is 0 Å². The number of nitro groups is 1.